The molecule has 1 saturated heterocycles. The number of benzene rings is 2. The van der Waals surface area contributed by atoms with Crippen LogP contribution in [0.1, 0.15) is 11.1 Å². The van der Waals surface area contributed by atoms with Gasteiger partial charge in [-0.15, -0.1) is 0 Å². The molecule has 0 radical (unpaired) electrons. The Morgan fingerprint density at radius 2 is 1.84 bits per heavy atom. The predicted octanol–water partition coefficient (Wildman–Crippen LogP) is 3.66. The summed E-state index contributed by atoms with van der Waals surface area (Å²) in [7, 11) is 0. The van der Waals surface area contributed by atoms with Crippen LogP contribution in [0.3, 0.4) is 0 Å². The summed E-state index contributed by atoms with van der Waals surface area (Å²) in [5.74, 6) is 0.480. The van der Waals surface area contributed by atoms with Crippen molar-refractivity contribution in [3.63, 3.8) is 0 Å². The molecular formula is C17H12N2O4S2. The van der Waals surface area contributed by atoms with Gasteiger partial charge >= 0.3 is 0 Å². The van der Waals surface area contributed by atoms with Crippen LogP contribution in [0.5, 0.6) is 5.75 Å². The third-order valence-electron chi connectivity index (χ3n) is 3.37. The van der Waals surface area contributed by atoms with Gasteiger partial charge in [0.1, 0.15) is 16.7 Å². The monoisotopic (exact) mass is 372 g/mol. The topological polar surface area (TPSA) is 81.5 Å². The van der Waals surface area contributed by atoms with E-state index >= 15 is 0 Å². The molecule has 8 heteroatoms. The zero-order valence-electron chi connectivity index (χ0n) is 12.8. The second-order valence-electron chi connectivity index (χ2n) is 5.13. The molecule has 0 spiro atoms. The molecule has 1 N–H and O–H groups in total. The third kappa shape index (κ3) is 4.43. The maximum Gasteiger partial charge on any atom is 0.269 e. The average molecular weight is 372 g/mol. The Bertz CT molecular complexity index is 861. The van der Waals surface area contributed by atoms with Crippen molar-refractivity contribution in [3.05, 3.63) is 74.7 Å². The van der Waals surface area contributed by atoms with Crippen molar-refractivity contribution >= 4 is 46.0 Å². The molecule has 0 atom stereocenters. The number of nitrogens with zero attached hydrogens (tertiary/aromatic N) is 1. The Labute approximate surface area is 153 Å². The molecule has 0 unspecified atom stereocenters. The standard InChI is InChI=1S/C17H12N2O4S2/c20-16-15(25-17(24)18-16)9-11-3-7-14(8-4-11)23-10-12-1-5-13(6-2-12)19(21)22/h1-9H,10H2,(H,18,20,24)/b15-9+. The van der Waals surface area contributed by atoms with Crippen molar-refractivity contribution in [3.8, 4) is 5.75 Å². The number of ether oxygens (including phenoxy) is 1. The number of hydrogen-bond donors (Lipinski definition) is 1. The summed E-state index contributed by atoms with van der Waals surface area (Å²) in [5.41, 5.74) is 1.75. The molecule has 1 aliphatic rings. The number of thioether (sulfide) groups is 1. The number of hydrogen-bond acceptors (Lipinski definition) is 6. The van der Waals surface area contributed by atoms with Crippen LogP contribution < -0.4 is 10.1 Å². The van der Waals surface area contributed by atoms with Crippen molar-refractivity contribution in [2.75, 3.05) is 0 Å². The van der Waals surface area contributed by atoms with Crippen molar-refractivity contribution in [2.24, 2.45) is 0 Å². The van der Waals surface area contributed by atoms with Crippen molar-refractivity contribution in [1.82, 2.24) is 5.32 Å². The van der Waals surface area contributed by atoms with Gasteiger partial charge in [0.05, 0.1) is 9.83 Å². The molecule has 2 aromatic carbocycles. The first-order valence-electron chi connectivity index (χ1n) is 7.22. The number of carbonyl (C=O) groups is 1. The fraction of sp³-hybridized carbons (Fsp3) is 0.0588. The molecule has 2 aromatic rings. The van der Waals surface area contributed by atoms with E-state index in [-0.39, 0.29) is 11.6 Å². The summed E-state index contributed by atoms with van der Waals surface area (Å²) in [6, 6.07) is 13.5. The van der Waals surface area contributed by atoms with Crippen molar-refractivity contribution < 1.29 is 14.5 Å². The number of non-ortho nitro benzene ring substituents is 1. The molecular weight excluding hydrogens is 360 g/mol. The van der Waals surface area contributed by atoms with Gasteiger partial charge in [0, 0.05) is 12.1 Å². The van der Waals surface area contributed by atoms with E-state index in [0.717, 1.165) is 11.1 Å². The molecule has 1 aliphatic heterocycles. The lowest BCUT2D eigenvalue weighted by molar-refractivity contribution is -0.384. The Kier molecular flexibility index (Phi) is 5.11. The minimum Gasteiger partial charge on any atom is -0.489 e. The highest BCUT2D eigenvalue weighted by molar-refractivity contribution is 8.26. The van der Waals surface area contributed by atoms with Crippen LogP contribution >= 0.6 is 24.0 Å². The van der Waals surface area contributed by atoms with E-state index < -0.39 is 4.92 Å². The number of nitro groups is 1. The van der Waals surface area contributed by atoms with E-state index in [1.54, 1.807) is 30.3 Å². The molecule has 25 heavy (non-hydrogen) atoms. The minimum absolute atomic E-state index is 0.0504. The Balaban J connectivity index is 1.61. The lowest BCUT2D eigenvalue weighted by atomic mass is 10.2. The van der Waals surface area contributed by atoms with E-state index in [4.69, 9.17) is 17.0 Å². The van der Waals surface area contributed by atoms with Gasteiger partial charge in [-0.3, -0.25) is 14.9 Å². The maximum absolute atomic E-state index is 11.6. The highest BCUT2D eigenvalue weighted by Gasteiger charge is 2.21. The first-order chi connectivity index (χ1) is 12.0. The Hall–Kier alpha value is -2.71. The second-order valence-corrected chi connectivity index (χ2v) is 6.85. The van der Waals surface area contributed by atoms with Crippen LogP contribution in [0.15, 0.2) is 53.4 Å². The van der Waals surface area contributed by atoms with E-state index in [1.807, 2.05) is 12.1 Å². The predicted molar refractivity (Wildman–Crippen MR) is 100 cm³/mol. The molecule has 0 saturated carbocycles. The highest BCUT2D eigenvalue weighted by atomic mass is 32.2. The third-order valence-corrected chi connectivity index (χ3v) is 4.54. The molecule has 3 rings (SSSR count). The zero-order valence-corrected chi connectivity index (χ0v) is 14.4. The van der Waals surface area contributed by atoms with Gasteiger partial charge in [-0.2, -0.15) is 0 Å². The average Bonchev–Trinajstić information content (AvgIpc) is 2.92. The molecule has 1 heterocycles. The molecule has 1 fully saturated rings. The summed E-state index contributed by atoms with van der Waals surface area (Å²) >= 11 is 6.18. The number of carbonyl (C=O) groups excluding carboxylic acids is 1. The maximum atomic E-state index is 11.6. The summed E-state index contributed by atoms with van der Waals surface area (Å²) in [4.78, 5) is 22.4. The second kappa shape index (κ2) is 7.45. The normalized spacial score (nSPS) is 15.3. The highest BCUT2D eigenvalue weighted by Crippen LogP contribution is 2.26. The molecule has 0 aromatic heterocycles. The molecule has 6 nitrogen and oxygen atoms in total. The zero-order chi connectivity index (χ0) is 17.8. The van der Waals surface area contributed by atoms with E-state index in [0.29, 0.717) is 21.6 Å². The fourth-order valence-corrected chi connectivity index (χ4v) is 3.16. The minimum atomic E-state index is -0.437. The van der Waals surface area contributed by atoms with E-state index in [9.17, 15) is 14.9 Å². The van der Waals surface area contributed by atoms with Crippen LogP contribution in [0, 0.1) is 10.1 Å². The SMILES string of the molecule is O=C1NC(=S)S/C1=C/c1ccc(OCc2ccc([N+](=O)[O-])cc2)cc1. The summed E-state index contributed by atoms with van der Waals surface area (Å²) in [5, 5.41) is 13.2. The molecule has 1 amide bonds. The van der Waals surface area contributed by atoms with Gasteiger partial charge in [0.15, 0.2) is 0 Å². The quantitative estimate of drug-likeness (QED) is 0.373. The molecule has 0 aliphatic carbocycles. The van der Waals surface area contributed by atoms with Gasteiger partial charge < -0.3 is 10.1 Å². The fourth-order valence-electron chi connectivity index (χ4n) is 2.11. The number of rotatable bonds is 5. The molecule has 126 valence electrons. The summed E-state index contributed by atoms with van der Waals surface area (Å²) < 4.78 is 6.12. The molecule has 0 bridgehead atoms. The summed E-state index contributed by atoms with van der Waals surface area (Å²) in [6.45, 7) is 0.310. The van der Waals surface area contributed by atoms with E-state index in [2.05, 4.69) is 5.32 Å². The number of nitrogens with one attached hydrogen (secondary N) is 1. The largest absolute Gasteiger partial charge is 0.489 e. The van der Waals surface area contributed by atoms with Crippen LogP contribution in [0.25, 0.3) is 6.08 Å². The van der Waals surface area contributed by atoms with Gasteiger partial charge in [-0.1, -0.05) is 36.1 Å². The number of thiocarbonyl (C=S) groups is 1. The first-order valence-corrected chi connectivity index (χ1v) is 8.45. The number of nitro benzene ring substituents is 1. The number of amides is 1. The first kappa shape index (κ1) is 17.1. The van der Waals surface area contributed by atoms with E-state index in [1.165, 1.54) is 23.9 Å². The van der Waals surface area contributed by atoms with Crippen molar-refractivity contribution in [1.29, 1.82) is 0 Å². The van der Waals surface area contributed by atoms with Gasteiger partial charge in [-0.05, 0) is 41.5 Å². The van der Waals surface area contributed by atoms with Crippen LogP contribution in [-0.2, 0) is 11.4 Å². The Morgan fingerprint density at radius 1 is 1.16 bits per heavy atom. The smallest absolute Gasteiger partial charge is 0.269 e. The lowest BCUT2D eigenvalue weighted by Crippen LogP contribution is -2.17. The van der Waals surface area contributed by atoms with Gasteiger partial charge in [0.2, 0.25) is 0 Å². The van der Waals surface area contributed by atoms with Crippen molar-refractivity contribution in [2.45, 2.75) is 6.61 Å². The summed E-state index contributed by atoms with van der Waals surface area (Å²) in [6.07, 6.45) is 1.76. The van der Waals surface area contributed by atoms with Crippen LogP contribution in [-0.4, -0.2) is 15.2 Å². The van der Waals surface area contributed by atoms with Crippen LogP contribution in [0.4, 0.5) is 5.69 Å². The lowest BCUT2D eigenvalue weighted by Gasteiger charge is -2.06. The van der Waals surface area contributed by atoms with Gasteiger partial charge in [-0.25, -0.2) is 0 Å². The van der Waals surface area contributed by atoms with Gasteiger partial charge in [0.25, 0.3) is 11.6 Å². The Morgan fingerprint density at radius 3 is 2.40 bits per heavy atom. The van der Waals surface area contributed by atoms with Crippen LogP contribution in [0.2, 0.25) is 0 Å².